The summed E-state index contributed by atoms with van der Waals surface area (Å²) in [4.78, 5) is 9.18. The predicted octanol–water partition coefficient (Wildman–Crippen LogP) is 7.05. The molecular formula is C26H21Cl2N5. The van der Waals surface area contributed by atoms with Crippen molar-refractivity contribution in [3.63, 3.8) is 0 Å². The average Bonchev–Trinajstić information content (AvgIpc) is 3.18. The van der Waals surface area contributed by atoms with Crippen molar-refractivity contribution in [2.75, 3.05) is 5.32 Å². The molecule has 1 aliphatic rings. The molecule has 33 heavy (non-hydrogen) atoms. The van der Waals surface area contributed by atoms with Gasteiger partial charge in [0.15, 0.2) is 5.82 Å². The third-order valence-electron chi connectivity index (χ3n) is 5.57. The summed E-state index contributed by atoms with van der Waals surface area (Å²) in [6, 6.07) is 21.1. The summed E-state index contributed by atoms with van der Waals surface area (Å²) >= 11 is 12.8. The van der Waals surface area contributed by atoms with E-state index < -0.39 is 0 Å². The van der Waals surface area contributed by atoms with Crippen molar-refractivity contribution in [3.05, 3.63) is 105 Å². The highest BCUT2D eigenvalue weighted by Crippen LogP contribution is 2.36. The Morgan fingerprint density at radius 1 is 0.939 bits per heavy atom. The Balaban J connectivity index is 1.65. The molecule has 0 bridgehead atoms. The third-order valence-corrected chi connectivity index (χ3v) is 6.22. The third kappa shape index (κ3) is 4.30. The highest BCUT2D eigenvalue weighted by atomic mass is 35.5. The van der Waals surface area contributed by atoms with Crippen molar-refractivity contribution in [1.82, 2.24) is 14.8 Å². The van der Waals surface area contributed by atoms with Gasteiger partial charge < -0.3 is 5.32 Å². The molecule has 5 nitrogen and oxygen atoms in total. The number of nitrogens with one attached hydrogen (secondary N) is 1. The quantitative estimate of drug-likeness (QED) is 0.315. The van der Waals surface area contributed by atoms with Crippen molar-refractivity contribution in [2.24, 2.45) is 4.99 Å². The molecule has 0 saturated heterocycles. The van der Waals surface area contributed by atoms with Crippen molar-refractivity contribution >= 4 is 46.5 Å². The molecule has 0 saturated carbocycles. The fourth-order valence-electron chi connectivity index (χ4n) is 4.01. The lowest BCUT2D eigenvalue weighted by molar-refractivity contribution is 0.759. The van der Waals surface area contributed by atoms with Gasteiger partial charge in [0.1, 0.15) is 0 Å². The van der Waals surface area contributed by atoms with E-state index in [9.17, 15) is 0 Å². The van der Waals surface area contributed by atoms with Crippen LogP contribution in [-0.2, 0) is 6.42 Å². The number of aryl methyl sites for hydroxylation is 1. The number of para-hydroxylation sites is 2. The number of aromatic nitrogens is 3. The second kappa shape index (κ2) is 9.22. The standard InChI is InChI=1S/C26H21Cl2N5/c1-17-25-23(33(32-17)24-12-6-7-15-29-24)14-13-18(16-30-21-10-4-2-8-19(21)27)26(25)31-22-11-5-3-9-20(22)28/h2-12,15-16,31H,13-14H2,1H3. The summed E-state index contributed by atoms with van der Waals surface area (Å²) in [6.45, 7) is 2.01. The fraction of sp³-hybridized carbons (Fsp3) is 0.115. The van der Waals surface area contributed by atoms with Gasteiger partial charge in [0.05, 0.1) is 38.5 Å². The van der Waals surface area contributed by atoms with Gasteiger partial charge in [-0.15, -0.1) is 0 Å². The van der Waals surface area contributed by atoms with Crippen LogP contribution in [0, 0.1) is 6.92 Å². The van der Waals surface area contributed by atoms with Crippen molar-refractivity contribution in [3.8, 4) is 5.82 Å². The molecule has 4 aromatic rings. The molecule has 2 heterocycles. The molecule has 0 fully saturated rings. The second-order valence-electron chi connectivity index (χ2n) is 7.72. The van der Waals surface area contributed by atoms with E-state index in [0.717, 1.165) is 58.3 Å². The number of hydrogen-bond acceptors (Lipinski definition) is 4. The molecule has 1 aliphatic carbocycles. The van der Waals surface area contributed by atoms with E-state index in [1.54, 1.807) is 6.20 Å². The zero-order valence-corrected chi connectivity index (χ0v) is 19.5. The minimum Gasteiger partial charge on any atom is -0.353 e. The highest BCUT2D eigenvalue weighted by molar-refractivity contribution is 6.33. The summed E-state index contributed by atoms with van der Waals surface area (Å²) in [7, 11) is 0. The molecule has 7 heteroatoms. The van der Waals surface area contributed by atoms with Crippen LogP contribution in [0.4, 0.5) is 11.4 Å². The van der Waals surface area contributed by atoms with Crippen LogP contribution >= 0.6 is 23.2 Å². The number of fused-ring (bicyclic) bond motifs is 1. The molecule has 0 unspecified atom stereocenters. The number of allylic oxidation sites excluding steroid dienone is 1. The number of hydrogen-bond donors (Lipinski definition) is 1. The van der Waals surface area contributed by atoms with Crippen LogP contribution in [-0.4, -0.2) is 21.0 Å². The number of anilines is 1. The Kier molecular flexibility index (Phi) is 5.99. The summed E-state index contributed by atoms with van der Waals surface area (Å²) < 4.78 is 1.93. The maximum Gasteiger partial charge on any atom is 0.153 e. The number of nitrogens with zero attached hydrogens (tertiary/aromatic N) is 4. The van der Waals surface area contributed by atoms with E-state index in [-0.39, 0.29) is 0 Å². The molecule has 2 aromatic carbocycles. The molecule has 0 radical (unpaired) electrons. The maximum atomic E-state index is 6.49. The normalized spacial score (nSPS) is 13.4. The first-order valence-corrected chi connectivity index (χ1v) is 11.4. The molecule has 0 spiro atoms. The maximum absolute atomic E-state index is 6.49. The molecule has 0 aliphatic heterocycles. The van der Waals surface area contributed by atoms with Gasteiger partial charge in [-0.1, -0.05) is 53.5 Å². The molecule has 0 atom stereocenters. The topological polar surface area (TPSA) is 55.1 Å². The Bertz CT molecular complexity index is 1370. The Labute approximate surface area is 202 Å². The van der Waals surface area contributed by atoms with Crippen LogP contribution in [0.3, 0.4) is 0 Å². The zero-order chi connectivity index (χ0) is 22.8. The van der Waals surface area contributed by atoms with E-state index >= 15 is 0 Å². The van der Waals surface area contributed by atoms with Gasteiger partial charge in [-0.2, -0.15) is 5.10 Å². The van der Waals surface area contributed by atoms with Gasteiger partial charge in [0.25, 0.3) is 0 Å². The van der Waals surface area contributed by atoms with Gasteiger partial charge >= 0.3 is 0 Å². The minimum absolute atomic E-state index is 0.616. The van der Waals surface area contributed by atoms with Gasteiger partial charge in [0, 0.05) is 18.0 Å². The largest absolute Gasteiger partial charge is 0.353 e. The Hall–Kier alpha value is -3.41. The minimum atomic E-state index is 0.616. The molecule has 5 rings (SSSR count). The summed E-state index contributed by atoms with van der Waals surface area (Å²) in [5.74, 6) is 0.798. The van der Waals surface area contributed by atoms with E-state index in [1.807, 2.05) is 84.6 Å². The van der Waals surface area contributed by atoms with Crippen LogP contribution < -0.4 is 5.32 Å². The van der Waals surface area contributed by atoms with Crippen LogP contribution in [0.1, 0.15) is 23.4 Å². The SMILES string of the molecule is Cc1nn(-c2ccccn2)c2c1C(Nc1ccccc1Cl)=C(C=Nc1ccccc1Cl)CC2. The smallest absolute Gasteiger partial charge is 0.153 e. The van der Waals surface area contributed by atoms with Crippen molar-refractivity contribution in [1.29, 1.82) is 0 Å². The molecule has 1 N–H and O–H groups in total. The van der Waals surface area contributed by atoms with Gasteiger partial charge in [-0.05, 0) is 61.7 Å². The first-order valence-electron chi connectivity index (χ1n) is 10.7. The first kappa shape index (κ1) is 21.4. The molecule has 164 valence electrons. The second-order valence-corrected chi connectivity index (χ2v) is 8.54. The Morgan fingerprint density at radius 2 is 1.70 bits per heavy atom. The molecule has 2 aromatic heterocycles. The van der Waals surface area contributed by atoms with Crippen molar-refractivity contribution < 1.29 is 0 Å². The van der Waals surface area contributed by atoms with Crippen LogP contribution in [0.5, 0.6) is 0 Å². The van der Waals surface area contributed by atoms with Crippen molar-refractivity contribution in [2.45, 2.75) is 19.8 Å². The van der Waals surface area contributed by atoms with Crippen LogP contribution in [0.2, 0.25) is 10.0 Å². The monoisotopic (exact) mass is 473 g/mol. The van der Waals surface area contributed by atoms with Crippen LogP contribution in [0.25, 0.3) is 11.5 Å². The van der Waals surface area contributed by atoms with Gasteiger partial charge in [0.2, 0.25) is 0 Å². The highest BCUT2D eigenvalue weighted by Gasteiger charge is 2.27. The van der Waals surface area contributed by atoms with E-state index in [4.69, 9.17) is 28.3 Å². The number of aliphatic imine (C=N–C) groups is 1. The van der Waals surface area contributed by atoms with Crippen LogP contribution in [0.15, 0.2) is 83.5 Å². The first-order chi connectivity index (χ1) is 16.1. The van der Waals surface area contributed by atoms with E-state index in [1.165, 1.54) is 0 Å². The molecular weight excluding hydrogens is 453 g/mol. The van der Waals surface area contributed by atoms with E-state index in [2.05, 4.69) is 15.3 Å². The summed E-state index contributed by atoms with van der Waals surface area (Å²) in [5, 5.41) is 9.65. The average molecular weight is 474 g/mol. The van der Waals surface area contributed by atoms with E-state index in [0.29, 0.717) is 10.0 Å². The number of benzene rings is 2. The number of halogens is 2. The van der Waals surface area contributed by atoms with Gasteiger partial charge in [-0.3, -0.25) is 4.99 Å². The predicted molar refractivity (Wildman–Crippen MR) is 136 cm³/mol. The summed E-state index contributed by atoms with van der Waals surface area (Å²) in [6.07, 6.45) is 5.26. The summed E-state index contributed by atoms with van der Waals surface area (Å²) in [5.41, 5.74) is 6.63. The number of pyridine rings is 1. The lowest BCUT2D eigenvalue weighted by Crippen LogP contribution is -2.14. The molecule has 0 amide bonds. The fourth-order valence-corrected chi connectivity index (χ4v) is 4.38. The lowest BCUT2D eigenvalue weighted by Gasteiger charge is -2.22. The van der Waals surface area contributed by atoms with Gasteiger partial charge in [-0.25, -0.2) is 9.67 Å². The lowest BCUT2D eigenvalue weighted by atomic mass is 9.92. The Morgan fingerprint density at radius 3 is 2.45 bits per heavy atom. The number of rotatable bonds is 5. The zero-order valence-electron chi connectivity index (χ0n) is 18.0.